The third-order valence-corrected chi connectivity index (χ3v) is 2.08. The number of halogens is 1. The minimum Gasteiger partial charge on any atom is -0.328 e. The number of rotatable bonds is 2. The number of hydrogen-bond acceptors (Lipinski definition) is 2. The van der Waals surface area contributed by atoms with Crippen molar-refractivity contribution in [3.8, 4) is 0 Å². The van der Waals surface area contributed by atoms with Crippen LogP contribution in [0, 0.1) is 5.95 Å². The Balaban J connectivity index is 2.55. The van der Waals surface area contributed by atoms with Gasteiger partial charge in [0.25, 0.3) is 0 Å². The van der Waals surface area contributed by atoms with Gasteiger partial charge in [0.2, 0.25) is 0 Å². The summed E-state index contributed by atoms with van der Waals surface area (Å²) in [6.45, 7) is 1.88. The van der Waals surface area contributed by atoms with Crippen molar-refractivity contribution in [3.05, 3.63) is 36.2 Å². The quantitative estimate of drug-likeness (QED) is 0.732. The van der Waals surface area contributed by atoms with Crippen molar-refractivity contribution in [3.63, 3.8) is 0 Å². The number of hydrogen-bond donors (Lipinski definition) is 1. The van der Waals surface area contributed by atoms with Crippen LogP contribution in [0.15, 0.2) is 24.4 Å². The molecular formula is C10H12FN3. The van der Waals surface area contributed by atoms with E-state index in [1.807, 2.05) is 13.0 Å². The molecule has 1 unspecified atom stereocenters. The van der Waals surface area contributed by atoms with Crippen molar-refractivity contribution >= 4 is 5.52 Å². The van der Waals surface area contributed by atoms with E-state index in [-0.39, 0.29) is 12.0 Å². The van der Waals surface area contributed by atoms with Gasteiger partial charge in [0.15, 0.2) is 5.95 Å². The Morgan fingerprint density at radius 1 is 1.57 bits per heavy atom. The summed E-state index contributed by atoms with van der Waals surface area (Å²) >= 11 is 0. The van der Waals surface area contributed by atoms with Crippen molar-refractivity contribution in [2.45, 2.75) is 19.4 Å². The molecule has 0 saturated carbocycles. The first-order chi connectivity index (χ1) is 6.68. The summed E-state index contributed by atoms with van der Waals surface area (Å²) in [5.74, 6) is 0.378. The van der Waals surface area contributed by atoms with E-state index in [2.05, 4.69) is 4.98 Å². The second kappa shape index (κ2) is 3.38. The standard InChI is InChI=1S/C10H12FN3/c1-7(12)5-10-13-6-8-3-2-4-9(11)14(8)10/h2-4,6-7H,5,12H2,1H3. The monoisotopic (exact) mass is 193 g/mol. The Labute approximate surface area is 81.4 Å². The van der Waals surface area contributed by atoms with E-state index in [1.54, 1.807) is 12.3 Å². The Bertz CT molecular complexity index is 448. The van der Waals surface area contributed by atoms with Gasteiger partial charge in [0, 0.05) is 12.5 Å². The molecule has 4 heteroatoms. The van der Waals surface area contributed by atoms with Crippen LogP contribution in [0.25, 0.3) is 5.52 Å². The predicted octanol–water partition coefficient (Wildman–Crippen LogP) is 1.36. The minimum absolute atomic E-state index is 0.0137. The lowest BCUT2D eigenvalue weighted by molar-refractivity contribution is 0.551. The summed E-state index contributed by atoms with van der Waals surface area (Å²) in [5, 5.41) is 0. The summed E-state index contributed by atoms with van der Waals surface area (Å²) in [7, 11) is 0. The molecule has 14 heavy (non-hydrogen) atoms. The largest absolute Gasteiger partial charge is 0.328 e. The van der Waals surface area contributed by atoms with Crippen LogP contribution in [0.2, 0.25) is 0 Å². The maximum absolute atomic E-state index is 13.4. The minimum atomic E-state index is -0.296. The van der Waals surface area contributed by atoms with Crippen molar-refractivity contribution in [2.75, 3.05) is 0 Å². The van der Waals surface area contributed by atoms with Gasteiger partial charge in [0.05, 0.1) is 11.7 Å². The van der Waals surface area contributed by atoms with Crippen LogP contribution in [0.1, 0.15) is 12.7 Å². The molecule has 0 radical (unpaired) electrons. The van der Waals surface area contributed by atoms with Gasteiger partial charge >= 0.3 is 0 Å². The smallest absolute Gasteiger partial charge is 0.199 e. The number of imidazole rings is 1. The molecule has 2 rings (SSSR count). The number of fused-ring (bicyclic) bond motifs is 1. The molecule has 0 spiro atoms. The van der Waals surface area contributed by atoms with E-state index in [0.717, 1.165) is 5.52 Å². The summed E-state index contributed by atoms with van der Waals surface area (Å²) in [6, 6.07) is 4.89. The van der Waals surface area contributed by atoms with Gasteiger partial charge in [-0.2, -0.15) is 4.39 Å². The normalized spacial score (nSPS) is 13.4. The van der Waals surface area contributed by atoms with E-state index in [1.165, 1.54) is 10.5 Å². The maximum Gasteiger partial charge on any atom is 0.199 e. The Hall–Kier alpha value is -1.42. The van der Waals surface area contributed by atoms with Crippen LogP contribution < -0.4 is 5.73 Å². The van der Waals surface area contributed by atoms with E-state index in [9.17, 15) is 4.39 Å². The first-order valence-corrected chi connectivity index (χ1v) is 4.55. The van der Waals surface area contributed by atoms with Gasteiger partial charge in [-0.1, -0.05) is 6.07 Å². The lowest BCUT2D eigenvalue weighted by Gasteiger charge is -2.04. The van der Waals surface area contributed by atoms with Gasteiger partial charge in [-0.25, -0.2) is 4.98 Å². The second-order valence-electron chi connectivity index (χ2n) is 3.46. The zero-order valence-electron chi connectivity index (χ0n) is 7.94. The van der Waals surface area contributed by atoms with E-state index in [0.29, 0.717) is 12.2 Å². The molecule has 0 aromatic carbocycles. The van der Waals surface area contributed by atoms with Crippen LogP contribution >= 0.6 is 0 Å². The molecule has 0 aliphatic carbocycles. The third-order valence-electron chi connectivity index (χ3n) is 2.08. The summed E-state index contributed by atoms with van der Waals surface area (Å²) < 4.78 is 14.9. The highest BCUT2D eigenvalue weighted by molar-refractivity contribution is 5.45. The van der Waals surface area contributed by atoms with Gasteiger partial charge in [-0.3, -0.25) is 4.40 Å². The molecular weight excluding hydrogens is 181 g/mol. The molecule has 2 heterocycles. The van der Waals surface area contributed by atoms with Crippen molar-refractivity contribution in [1.82, 2.24) is 9.38 Å². The fourth-order valence-corrected chi connectivity index (χ4v) is 1.50. The molecule has 1 atom stereocenters. The van der Waals surface area contributed by atoms with Crippen LogP contribution in [0.4, 0.5) is 4.39 Å². The Morgan fingerprint density at radius 3 is 3.07 bits per heavy atom. The summed E-state index contributed by atoms with van der Waals surface area (Å²) in [4.78, 5) is 4.14. The maximum atomic E-state index is 13.4. The average molecular weight is 193 g/mol. The van der Waals surface area contributed by atoms with Crippen LogP contribution in [0.3, 0.4) is 0 Å². The zero-order valence-corrected chi connectivity index (χ0v) is 7.94. The van der Waals surface area contributed by atoms with Crippen LogP contribution in [-0.2, 0) is 6.42 Å². The molecule has 0 amide bonds. The van der Waals surface area contributed by atoms with Crippen molar-refractivity contribution in [1.29, 1.82) is 0 Å². The summed E-state index contributed by atoms with van der Waals surface area (Å²) in [5.41, 5.74) is 6.41. The summed E-state index contributed by atoms with van der Waals surface area (Å²) in [6.07, 6.45) is 2.23. The van der Waals surface area contributed by atoms with Gasteiger partial charge in [0.1, 0.15) is 5.82 Å². The molecule has 74 valence electrons. The van der Waals surface area contributed by atoms with E-state index < -0.39 is 0 Å². The first-order valence-electron chi connectivity index (χ1n) is 4.55. The number of nitrogens with two attached hydrogens (primary N) is 1. The number of pyridine rings is 1. The topological polar surface area (TPSA) is 43.3 Å². The van der Waals surface area contributed by atoms with E-state index >= 15 is 0 Å². The Morgan fingerprint density at radius 2 is 2.36 bits per heavy atom. The molecule has 0 saturated heterocycles. The molecule has 3 nitrogen and oxygen atoms in total. The fourth-order valence-electron chi connectivity index (χ4n) is 1.50. The number of nitrogens with zero attached hydrogens (tertiary/aromatic N) is 2. The molecule has 2 N–H and O–H groups in total. The van der Waals surface area contributed by atoms with Crippen molar-refractivity contribution < 1.29 is 4.39 Å². The molecule has 2 aromatic rings. The lowest BCUT2D eigenvalue weighted by atomic mass is 10.2. The highest BCUT2D eigenvalue weighted by Crippen LogP contribution is 2.10. The predicted molar refractivity (Wildman–Crippen MR) is 52.5 cm³/mol. The van der Waals surface area contributed by atoms with Gasteiger partial charge in [-0.05, 0) is 19.1 Å². The Kier molecular flexibility index (Phi) is 2.21. The SMILES string of the molecule is CC(N)Cc1ncc2cccc(F)n12. The molecule has 0 fully saturated rings. The first kappa shape index (κ1) is 9.15. The van der Waals surface area contributed by atoms with E-state index in [4.69, 9.17) is 5.73 Å². The average Bonchev–Trinajstić information content (AvgIpc) is 2.49. The van der Waals surface area contributed by atoms with Crippen molar-refractivity contribution in [2.24, 2.45) is 5.73 Å². The highest BCUT2D eigenvalue weighted by Gasteiger charge is 2.08. The van der Waals surface area contributed by atoms with Crippen LogP contribution in [-0.4, -0.2) is 15.4 Å². The second-order valence-corrected chi connectivity index (χ2v) is 3.46. The fraction of sp³-hybridized carbons (Fsp3) is 0.300. The molecule has 0 bridgehead atoms. The van der Waals surface area contributed by atoms with Gasteiger partial charge in [-0.15, -0.1) is 0 Å². The zero-order chi connectivity index (χ0) is 10.1. The molecule has 0 aliphatic heterocycles. The molecule has 2 aromatic heterocycles. The lowest BCUT2D eigenvalue weighted by Crippen LogP contribution is -2.19. The van der Waals surface area contributed by atoms with Crippen LogP contribution in [0.5, 0.6) is 0 Å². The third kappa shape index (κ3) is 1.48. The molecule has 0 aliphatic rings. The highest BCUT2D eigenvalue weighted by atomic mass is 19.1. The number of aromatic nitrogens is 2. The van der Waals surface area contributed by atoms with Gasteiger partial charge < -0.3 is 5.73 Å².